The van der Waals surface area contributed by atoms with Gasteiger partial charge >= 0.3 is 11.9 Å². The van der Waals surface area contributed by atoms with E-state index < -0.39 is 18.0 Å². The van der Waals surface area contributed by atoms with E-state index in [0.29, 0.717) is 29.2 Å². The van der Waals surface area contributed by atoms with E-state index in [2.05, 4.69) is 4.74 Å². The van der Waals surface area contributed by atoms with Crippen LogP contribution < -0.4 is 4.74 Å². The molecule has 164 valence electrons. The maximum absolute atomic E-state index is 11.8. The van der Waals surface area contributed by atoms with Crippen molar-refractivity contribution in [2.75, 3.05) is 7.11 Å². The number of esters is 1. The summed E-state index contributed by atoms with van der Waals surface area (Å²) >= 11 is 5.94. The van der Waals surface area contributed by atoms with Crippen molar-refractivity contribution in [2.24, 2.45) is 0 Å². The van der Waals surface area contributed by atoms with Crippen LogP contribution in [-0.4, -0.2) is 30.3 Å². The minimum Gasteiger partial charge on any atom is -0.479 e. The van der Waals surface area contributed by atoms with Gasteiger partial charge in [0.05, 0.1) is 7.11 Å². The Kier molecular flexibility index (Phi) is 8.06. The van der Waals surface area contributed by atoms with E-state index in [1.54, 1.807) is 24.3 Å². The minimum absolute atomic E-state index is 0.296. The van der Waals surface area contributed by atoms with Crippen molar-refractivity contribution < 1.29 is 24.2 Å². The minimum atomic E-state index is -1.05. The van der Waals surface area contributed by atoms with Crippen LogP contribution in [0.4, 0.5) is 0 Å². The highest BCUT2D eigenvalue weighted by Crippen LogP contribution is 2.24. The standard InChI is InChI=1S/C26H23ClO5/c1-31-25(28)17-13-21-4-2-3-5-23(21)32-24(26(29)30)16-8-18-6-9-19(10-7-18)20-11-14-22(27)15-12-20/h2-7,9-15,17,24H,8,16H2,1H3,(H,29,30). The number of hydrogen-bond donors (Lipinski definition) is 1. The number of aliphatic carboxylic acids is 1. The van der Waals surface area contributed by atoms with Crippen LogP contribution in [0.5, 0.6) is 5.75 Å². The number of benzene rings is 3. The van der Waals surface area contributed by atoms with Crippen LogP contribution in [-0.2, 0) is 20.7 Å². The molecule has 1 N–H and O–H groups in total. The summed E-state index contributed by atoms with van der Waals surface area (Å²) in [6.07, 6.45) is 2.61. The zero-order valence-corrected chi connectivity index (χ0v) is 18.3. The summed E-state index contributed by atoms with van der Waals surface area (Å²) in [6.45, 7) is 0. The summed E-state index contributed by atoms with van der Waals surface area (Å²) in [6, 6.07) is 22.5. The van der Waals surface area contributed by atoms with Crippen LogP contribution >= 0.6 is 11.6 Å². The number of rotatable bonds is 9. The summed E-state index contributed by atoms with van der Waals surface area (Å²) in [5.41, 5.74) is 3.72. The van der Waals surface area contributed by atoms with Gasteiger partial charge in [-0.15, -0.1) is 0 Å². The number of carboxylic acids is 1. The second kappa shape index (κ2) is 11.2. The Morgan fingerprint density at radius 2 is 1.59 bits per heavy atom. The van der Waals surface area contributed by atoms with Crippen LogP contribution in [0.25, 0.3) is 17.2 Å². The molecular weight excluding hydrogens is 428 g/mol. The molecule has 0 amide bonds. The molecule has 3 aromatic carbocycles. The summed E-state index contributed by atoms with van der Waals surface area (Å²) in [5.74, 6) is -1.16. The highest BCUT2D eigenvalue weighted by atomic mass is 35.5. The molecule has 0 heterocycles. The van der Waals surface area contributed by atoms with Gasteiger partial charge in [0, 0.05) is 16.7 Å². The molecular formula is C26H23ClO5. The number of ether oxygens (including phenoxy) is 2. The molecule has 5 nitrogen and oxygen atoms in total. The quantitative estimate of drug-likeness (QED) is 0.336. The van der Waals surface area contributed by atoms with Gasteiger partial charge in [-0.05, 0) is 53.8 Å². The molecule has 0 aromatic heterocycles. The zero-order valence-electron chi connectivity index (χ0n) is 17.5. The second-order valence-corrected chi connectivity index (χ2v) is 7.52. The van der Waals surface area contributed by atoms with Gasteiger partial charge in [0.1, 0.15) is 5.75 Å². The molecule has 0 spiro atoms. The number of para-hydroxylation sites is 1. The Labute approximate surface area is 191 Å². The maximum Gasteiger partial charge on any atom is 0.344 e. The first-order valence-corrected chi connectivity index (χ1v) is 10.4. The average molecular weight is 451 g/mol. The van der Waals surface area contributed by atoms with Gasteiger partial charge < -0.3 is 14.6 Å². The molecule has 32 heavy (non-hydrogen) atoms. The normalized spacial score (nSPS) is 11.8. The topological polar surface area (TPSA) is 72.8 Å². The first-order valence-electron chi connectivity index (χ1n) is 10.1. The number of hydrogen-bond acceptors (Lipinski definition) is 4. The van der Waals surface area contributed by atoms with Crippen LogP contribution in [0.3, 0.4) is 0 Å². The molecule has 0 aliphatic rings. The molecule has 0 radical (unpaired) electrons. The number of carboxylic acid groups (broad SMARTS) is 1. The molecule has 3 rings (SSSR count). The van der Waals surface area contributed by atoms with E-state index >= 15 is 0 Å². The van der Waals surface area contributed by atoms with Gasteiger partial charge in [-0.1, -0.05) is 66.2 Å². The molecule has 0 aliphatic heterocycles. The first kappa shape index (κ1) is 23.1. The number of methoxy groups -OCH3 is 1. The summed E-state index contributed by atoms with van der Waals surface area (Å²) in [4.78, 5) is 23.2. The van der Waals surface area contributed by atoms with Crippen LogP contribution in [0.2, 0.25) is 5.02 Å². The number of aryl methyl sites for hydroxylation is 1. The van der Waals surface area contributed by atoms with E-state index in [1.165, 1.54) is 19.3 Å². The fourth-order valence-corrected chi connectivity index (χ4v) is 3.27. The lowest BCUT2D eigenvalue weighted by Gasteiger charge is -2.17. The zero-order chi connectivity index (χ0) is 22.9. The third kappa shape index (κ3) is 6.46. The summed E-state index contributed by atoms with van der Waals surface area (Å²) in [5, 5.41) is 10.3. The van der Waals surface area contributed by atoms with Crippen LogP contribution in [0.1, 0.15) is 17.5 Å². The largest absolute Gasteiger partial charge is 0.479 e. The molecule has 3 aromatic rings. The van der Waals surface area contributed by atoms with Gasteiger partial charge in [0.25, 0.3) is 0 Å². The number of carbonyl (C=O) groups is 2. The van der Waals surface area contributed by atoms with E-state index in [1.807, 2.05) is 48.5 Å². The molecule has 0 bridgehead atoms. The Balaban J connectivity index is 1.67. The van der Waals surface area contributed by atoms with E-state index in [0.717, 1.165) is 16.7 Å². The lowest BCUT2D eigenvalue weighted by atomic mass is 10.0. The lowest BCUT2D eigenvalue weighted by Crippen LogP contribution is -2.27. The van der Waals surface area contributed by atoms with Crippen LogP contribution in [0.15, 0.2) is 78.9 Å². The van der Waals surface area contributed by atoms with Gasteiger partial charge in [-0.25, -0.2) is 9.59 Å². The Morgan fingerprint density at radius 3 is 2.22 bits per heavy atom. The highest BCUT2D eigenvalue weighted by Gasteiger charge is 2.20. The molecule has 1 atom stereocenters. The lowest BCUT2D eigenvalue weighted by molar-refractivity contribution is -0.145. The Morgan fingerprint density at radius 1 is 0.969 bits per heavy atom. The molecule has 6 heteroatoms. The molecule has 0 saturated heterocycles. The van der Waals surface area contributed by atoms with Gasteiger partial charge in [-0.2, -0.15) is 0 Å². The van der Waals surface area contributed by atoms with Gasteiger partial charge in [-0.3, -0.25) is 0 Å². The smallest absolute Gasteiger partial charge is 0.344 e. The van der Waals surface area contributed by atoms with Crippen molar-refractivity contribution in [3.63, 3.8) is 0 Å². The second-order valence-electron chi connectivity index (χ2n) is 7.08. The van der Waals surface area contributed by atoms with E-state index in [-0.39, 0.29) is 0 Å². The predicted molar refractivity (Wildman–Crippen MR) is 125 cm³/mol. The summed E-state index contributed by atoms with van der Waals surface area (Å²) in [7, 11) is 1.29. The average Bonchev–Trinajstić information content (AvgIpc) is 2.81. The van der Waals surface area contributed by atoms with Crippen molar-refractivity contribution in [2.45, 2.75) is 18.9 Å². The van der Waals surface area contributed by atoms with E-state index in [4.69, 9.17) is 16.3 Å². The number of halogens is 1. The van der Waals surface area contributed by atoms with Gasteiger partial charge in [0.15, 0.2) is 6.10 Å². The molecule has 1 unspecified atom stereocenters. The van der Waals surface area contributed by atoms with Crippen molar-refractivity contribution in [1.82, 2.24) is 0 Å². The fraction of sp³-hybridized carbons (Fsp3) is 0.154. The Bertz CT molecular complexity index is 1090. The predicted octanol–water partition coefficient (Wildman–Crippen LogP) is 5.66. The maximum atomic E-state index is 11.8. The van der Waals surface area contributed by atoms with Crippen molar-refractivity contribution in [1.29, 1.82) is 0 Å². The van der Waals surface area contributed by atoms with Crippen molar-refractivity contribution in [3.8, 4) is 16.9 Å². The molecule has 0 saturated carbocycles. The number of carbonyl (C=O) groups excluding carboxylic acids is 1. The van der Waals surface area contributed by atoms with Crippen molar-refractivity contribution in [3.05, 3.63) is 95.0 Å². The fourth-order valence-electron chi connectivity index (χ4n) is 3.14. The summed E-state index contributed by atoms with van der Waals surface area (Å²) < 4.78 is 10.4. The Hall–Kier alpha value is -3.57. The first-order chi connectivity index (χ1) is 15.5. The molecule has 0 aliphatic carbocycles. The van der Waals surface area contributed by atoms with E-state index in [9.17, 15) is 14.7 Å². The third-order valence-corrected chi connectivity index (χ3v) is 5.14. The monoisotopic (exact) mass is 450 g/mol. The highest BCUT2D eigenvalue weighted by molar-refractivity contribution is 6.30. The van der Waals surface area contributed by atoms with Gasteiger partial charge in [0.2, 0.25) is 0 Å². The third-order valence-electron chi connectivity index (χ3n) is 4.89. The van der Waals surface area contributed by atoms with Crippen molar-refractivity contribution >= 4 is 29.6 Å². The van der Waals surface area contributed by atoms with Crippen LogP contribution in [0, 0.1) is 0 Å². The SMILES string of the molecule is COC(=O)C=Cc1ccccc1OC(CCc1ccc(-c2ccc(Cl)cc2)cc1)C(=O)O. The molecule has 0 fully saturated rings.